The number of carbonyl (C=O) groups is 2. The van der Waals surface area contributed by atoms with Gasteiger partial charge in [-0.2, -0.15) is 0 Å². The van der Waals surface area contributed by atoms with Crippen molar-refractivity contribution in [2.24, 2.45) is 0 Å². The Balaban J connectivity index is 2.10. The minimum Gasteiger partial charge on any atom is -0.480 e. The lowest BCUT2D eigenvalue weighted by atomic mass is 10.2. The molecule has 0 aliphatic carbocycles. The number of carboxylic acid groups (broad SMARTS) is 1. The van der Waals surface area contributed by atoms with Crippen LogP contribution in [0.4, 0.5) is 4.79 Å². The highest BCUT2D eigenvalue weighted by molar-refractivity contribution is 5.82. The number of likely N-dealkylation sites (tertiary alicyclic amines) is 1. The van der Waals surface area contributed by atoms with Crippen LogP contribution >= 0.6 is 0 Å². The van der Waals surface area contributed by atoms with E-state index in [1.54, 1.807) is 0 Å². The van der Waals surface area contributed by atoms with Crippen LogP contribution in [0.5, 0.6) is 0 Å². The lowest BCUT2D eigenvalue weighted by Gasteiger charge is -2.16. The molecule has 1 heterocycles. The Morgan fingerprint density at radius 2 is 2.00 bits per heavy atom. The molecule has 1 rings (SSSR count). The van der Waals surface area contributed by atoms with Crippen molar-refractivity contribution in [1.29, 1.82) is 0 Å². The number of nitrogens with zero attached hydrogens (tertiary/aromatic N) is 1. The van der Waals surface area contributed by atoms with Crippen LogP contribution in [-0.4, -0.2) is 54.2 Å². The Morgan fingerprint density at radius 1 is 1.32 bits per heavy atom. The first-order valence-corrected chi connectivity index (χ1v) is 7.13. The van der Waals surface area contributed by atoms with Gasteiger partial charge in [0.1, 0.15) is 6.04 Å². The Bertz CT molecular complexity index is 291. The highest BCUT2D eigenvalue weighted by Crippen LogP contribution is 2.06. The van der Waals surface area contributed by atoms with Crippen LogP contribution in [0, 0.1) is 0 Å². The quantitative estimate of drug-likeness (QED) is 0.576. The van der Waals surface area contributed by atoms with Gasteiger partial charge in [0, 0.05) is 6.54 Å². The van der Waals surface area contributed by atoms with Crippen LogP contribution in [0.15, 0.2) is 0 Å². The van der Waals surface area contributed by atoms with Gasteiger partial charge in [-0.1, -0.05) is 13.3 Å². The molecule has 1 aliphatic rings. The third-order valence-corrected chi connectivity index (χ3v) is 3.32. The molecule has 1 unspecified atom stereocenters. The maximum Gasteiger partial charge on any atom is 0.326 e. The van der Waals surface area contributed by atoms with Gasteiger partial charge in [-0.25, -0.2) is 9.59 Å². The van der Waals surface area contributed by atoms with Crippen molar-refractivity contribution in [1.82, 2.24) is 15.5 Å². The molecule has 6 nitrogen and oxygen atoms in total. The fourth-order valence-electron chi connectivity index (χ4n) is 2.27. The second kappa shape index (κ2) is 8.74. The summed E-state index contributed by atoms with van der Waals surface area (Å²) in [5, 5.41) is 14.1. The first kappa shape index (κ1) is 15.8. The van der Waals surface area contributed by atoms with Gasteiger partial charge in [-0.15, -0.1) is 0 Å². The van der Waals surface area contributed by atoms with Crippen molar-refractivity contribution >= 4 is 12.0 Å². The molecule has 110 valence electrons. The molecule has 3 N–H and O–H groups in total. The summed E-state index contributed by atoms with van der Waals surface area (Å²) in [4.78, 5) is 24.8. The number of aliphatic carboxylic acids is 1. The van der Waals surface area contributed by atoms with E-state index in [1.165, 1.54) is 12.8 Å². The molecule has 0 aromatic carbocycles. The highest BCUT2D eigenvalue weighted by Gasteiger charge is 2.18. The second-order valence-electron chi connectivity index (χ2n) is 4.98. The van der Waals surface area contributed by atoms with E-state index in [4.69, 9.17) is 5.11 Å². The number of carboxylic acids is 1. The van der Waals surface area contributed by atoms with Gasteiger partial charge in [-0.3, -0.25) is 0 Å². The zero-order valence-corrected chi connectivity index (χ0v) is 11.7. The number of hydrogen-bond donors (Lipinski definition) is 3. The zero-order valence-electron chi connectivity index (χ0n) is 11.7. The summed E-state index contributed by atoms with van der Waals surface area (Å²) in [6.45, 7) is 5.79. The molecule has 0 aromatic heterocycles. The molecule has 0 spiro atoms. The van der Waals surface area contributed by atoms with Crippen molar-refractivity contribution in [3.8, 4) is 0 Å². The van der Waals surface area contributed by atoms with Crippen LogP contribution in [0.3, 0.4) is 0 Å². The van der Waals surface area contributed by atoms with E-state index in [2.05, 4.69) is 15.5 Å². The fraction of sp³-hybridized carbons (Fsp3) is 0.846. The molecule has 0 aromatic rings. The smallest absolute Gasteiger partial charge is 0.326 e. The van der Waals surface area contributed by atoms with Crippen molar-refractivity contribution < 1.29 is 14.7 Å². The molecule has 1 atom stereocenters. The number of nitrogens with one attached hydrogen (secondary N) is 2. The summed E-state index contributed by atoms with van der Waals surface area (Å²) in [5.74, 6) is -0.978. The van der Waals surface area contributed by atoms with E-state index in [0.29, 0.717) is 13.0 Å². The topological polar surface area (TPSA) is 81.7 Å². The standard InChI is InChI=1S/C13H25N3O3/c1-2-6-11(12(17)18)15-13(19)14-7-5-10-16-8-3-4-9-16/h11H,2-10H2,1H3,(H,17,18)(H2,14,15,19). The van der Waals surface area contributed by atoms with E-state index in [0.717, 1.165) is 32.5 Å². The maximum atomic E-state index is 11.5. The third kappa shape index (κ3) is 6.42. The molecule has 0 bridgehead atoms. The van der Waals surface area contributed by atoms with Crippen LogP contribution < -0.4 is 10.6 Å². The van der Waals surface area contributed by atoms with Gasteiger partial charge < -0.3 is 20.6 Å². The third-order valence-electron chi connectivity index (χ3n) is 3.32. The number of rotatable bonds is 8. The average molecular weight is 271 g/mol. The van der Waals surface area contributed by atoms with E-state index >= 15 is 0 Å². The molecule has 0 radical (unpaired) electrons. The van der Waals surface area contributed by atoms with Crippen LogP contribution in [0.2, 0.25) is 0 Å². The fourth-order valence-corrected chi connectivity index (χ4v) is 2.27. The molecule has 2 amide bonds. The molecular weight excluding hydrogens is 246 g/mol. The molecule has 1 fully saturated rings. The van der Waals surface area contributed by atoms with E-state index in [9.17, 15) is 9.59 Å². The Hall–Kier alpha value is -1.30. The second-order valence-corrected chi connectivity index (χ2v) is 4.98. The molecule has 0 saturated carbocycles. The van der Waals surface area contributed by atoms with Gasteiger partial charge in [0.25, 0.3) is 0 Å². The van der Waals surface area contributed by atoms with Crippen LogP contribution in [0.25, 0.3) is 0 Å². The lowest BCUT2D eigenvalue weighted by Crippen LogP contribution is -2.46. The number of amides is 2. The molecule has 1 aliphatic heterocycles. The van der Waals surface area contributed by atoms with E-state index in [1.807, 2.05) is 6.92 Å². The van der Waals surface area contributed by atoms with Gasteiger partial charge >= 0.3 is 12.0 Å². The van der Waals surface area contributed by atoms with Crippen molar-refractivity contribution in [2.45, 2.75) is 45.1 Å². The Morgan fingerprint density at radius 3 is 2.58 bits per heavy atom. The summed E-state index contributed by atoms with van der Waals surface area (Å²) in [5.41, 5.74) is 0. The molecular formula is C13H25N3O3. The average Bonchev–Trinajstić information content (AvgIpc) is 2.87. The van der Waals surface area contributed by atoms with Crippen LogP contribution in [0.1, 0.15) is 39.0 Å². The zero-order chi connectivity index (χ0) is 14.1. The predicted molar refractivity (Wildman–Crippen MR) is 73.2 cm³/mol. The summed E-state index contributed by atoms with van der Waals surface area (Å²) in [7, 11) is 0. The Kier molecular flexibility index (Phi) is 7.25. The highest BCUT2D eigenvalue weighted by atomic mass is 16.4. The molecule has 1 saturated heterocycles. The summed E-state index contributed by atoms with van der Waals surface area (Å²) < 4.78 is 0. The monoisotopic (exact) mass is 271 g/mol. The lowest BCUT2D eigenvalue weighted by molar-refractivity contribution is -0.139. The van der Waals surface area contributed by atoms with Gasteiger partial charge in [-0.05, 0) is 45.3 Å². The summed E-state index contributed by atoms with van der Waals surface area (Å²) >= 11 is 0. The molecule has 6 heteroatoms. The number of carbonyl (C=O) groups excluding carboxylic acids is 1. The van der Waals surface area contributed by atoms with E-state index < -0.39 is 12.0 Å². The number of urea groups is 1. The minimum atomic E-state index is -0.978. The van der Waals surface area contributed by atoms with Crippen molar-refractivity contribution in [3.63, 3.8) is 0 Å². The Labute approximate surface area is 114 Å². The predicted octanol–water partition coefficient (Wildman–Crippen LogP) is 1.02. The van der Waals surface area contributed by atoms with Crippen molar-refractivity contribution in [3.05, 3.63) is 0 Å². The molecule has 19 heavy (non-hydrogen) atoms. The van der Waals surface area contributed by atoms with Gasteiger partial charge in [0.2, 0.25) is 0 Å². The normalized spacial score (nSPS) is 17.1. The first-order chi connectivity index (χ1) is 9.13. The van der Waals surface area contributed by atoms with Crippen LogP contribution in [-0.2, 0) is 4.79 Å². The summed E-state index contributed by atoms with van der Waals surface area (Å²) in [6, 6.07) is -1.18. The summed E-state index contributed by atoms with van der Waals surface area (Å²) in [6.07, 6.45) is 4.62. The maximum absolute atomic E-state index is 11.5. The van der Waals surface area contributed by atoms with Gasteiger partial charge in [0.15, 0.2) is 0 Å². The van der Waals surface area contributed by atoms with Gasteiger partial charge in [0.05, 0.1) is 0 Å². The number of hydrogen-bond acceptors (Lipinski definition) is 3. The SMILES string of the molecule is CCCC(NC(=O)NCCCN1CCCC1)C(=O)O. The first-order valence-electron chi connectivity index (χ1n) is 7.13. The minimum absolute atomic E-state index is 0.387. The van der Waals surface area contributed by atoms with Crippen molar-refractivity contribution in [2.75, 3.05) is 26.2 Å². The van der Waals surface area contributed by atoms with E-state index in [-0.39, 0.29) is 6.03 Å². The largest absolute Gasteiger partial charge is 0.480 e.